The van der Waals surface area contributed by atoms with Gasteiger partial charge in [0.15, 0.2) is 5.82 Å². The fourth-order valence-electron chi connectivity index (χ4n) is 1.73. The fourth-order valence-corrected chi connectivity index (χ4v) is 1.88. The zero-order valence-electron chi connectivity index (χ0n) is 10.0. The molecule has 0 atom stereocenters. The second-order valence-corrected chi connectivity index (χ2v) is 4.30. The van der Waals surface area contributed by atoms with Crippen LogP contribution in [0.4, 0.5) is 11.5 Å². The van der Waals surface area contributed by atoms with Crippen LogP contribution in [-0.4, -0.2) is 9.97 Å². The molecule has 0 saturated carbocycles. The van der Waals surface area contributed by atoms with Gasteiger partial charge in [-0.15, -0.1) is 0 Å². The van der Waals surface area contributed by atoms with Crippen molar-refractivity contribution in [1.29, 1.82) is 0 Å². The number of nitrogens with one attached hydrogen (secondary N) is 2. The number of aromatic amines is 1. The molecule has 0 aliphatic heterocycles. The van der Waals surface area contributed by atoms with Gasteiger partial charge in [-0.1, -0.05) is 43.1 Å². The summed E-state index contributed by atoms with van der Waals surface area (Å²) >= 11 is 5.90. The highest BCUT2D eigenvalue weighted by Crippen LogP contribution is 2.23. The average molecular weight is 264 g/mol. The number of aromatic nitrogens is 2. The SMILES string of the molecule is CCCc1ccccc1Nc1nc[nH]c(=O)c1Cl. The van der Waals surface area contributed by atoms with E-state index in [9.17, 15) is 4.79 Å². The standard InChI is InChI=1S/C13H14ClN3O/c1-2-5-9-6-3-4-7-10(9)17-12-11(14)13(18)16-8-15-12/h3-4,6-8H,2,5H2,1H3,(H2,15,16,17,18). The van der Waals surface area contributed by atoms with E-state index in [4.69, 9.17) is 11.6 Å². The van der Waals surface area contributed by atoms with E-state index in [0.717, 1.165) is 18.5 Å². The maximum absolute atomic E-state index is 11.4. The fraction of sp³-hybridized carbons (Fsp3) is 0.231. The second kappa shape index (κ2) is 5.69. The van der Waals surface area contributed by atoms with E-state index in [1.807, 2.05) is 24.3 Å². The van der Waals surface area contributed by atoms with Crippen LogP contribution in [0, 0.1) is 0 Å². The molecule has 0 amide bonds. The molecule has 5 heteroatoms. The minimum Gasteiger partial charge on any atom is -0.339 e. The predicted octanol–water partition coefficient (Wildman–Crippen LogP) is 3.12. The number of halogens is 1. The Morgan fingerprint density at radius 1 is 1.39 bits per heavy atom. The van der Waals surface area contributed by atoms with Gasteiger partial charge in [0.2, 0.25) is 0 Å². The Bertz CT molecular complexity index is 595. The van der Waals surface area contributed by atoms with E-state index in [1.54, 1.807) is 0 Å². The first-order valence-electron chi connectivity index (χ1n) is 5.80. The van der Waals surface area contributed by atoms with Crippen molar-refractivity contribution in [3.63, 3.8) is 0 Å². The van der Waals surface area contributed by atoms with Crippen LogP contribution < -0.4 is 10.9 Å². The highest BCUT2D eigenvalue weighted by molar-refractivity contribution is 6.32. The molecule has 0 unspecified atom stereocenters. The molecule has 0 saturated heterocycles. The number of rotatable bonds is 4. The van der Waals surface area contributed by atoms with Gasteiger partial charge in [-0.05, 0) is 18.1 Å². The Labute approximate surface area is 110 Å². The first-order valence-corrected chi connectivity index (χ1v) is 6.18. The van der Waals surface area contributed by atoms with Crippen molar-refractivity contribution in [3.8, 4) is 0 Å². The van der Waals surface area contributed by atoms with E-state index in [-0.39, 0.29) is 10.6 Å². The largest absolute Gasteiger partial charge is 0.339 e. The van der Waals surface area contributed by atoms with Crippen molar-refractivity contribution in [2.45, 2.75) is 19.8 Å². The number of H-pyrrole nitrogens is 1. The van der Waals surface area contributed by atoms with Gasteiger partial charge in [-0.3, -0.25) is 4.79 Å². The molecule has 18 heavy (non-hydrogen) atoms. The van der Waals surface area contributed by atoms with Crippen LogP contribution in [0.2, 0.25) is 5.02 Å². The lowest BCUT2D eigenvalue weighted by molar-refractivity contribution is 0.923. The topological polar surface area (TPSA) is 57.8 Å². The van der Waals surface area contributed by atoms with Gasteiger partial charge in [0.05, 0.1) is 6.33 Å². The third kappa shape index (κ3) is 2.71. The van der Waals surface area contributed by atoms with Crippen LogP contribution in [0.25, 0.3) is 0 Å². The third-order valence-corrected chi connectivity index (χ3v) is 2.94. The zero-order valence-corrected chi connectivity index (χ0v) is 10.8. The number of hydrogen-bond acceptors (Lipinski definition) is 3. The van der Waals surface area contributed by atoms with Crippen LogP contribution in [0.3, 0.4) is 0 Å². The first kappa shape index (κ1) is 12.6. The molecular formula is C13H14ClN3O. The molecule has 2 N–H and O–H groups in total. The van der Waals surface area contributed by atoms with Crippen molar-refractivity contribution in [2.75, 3.05) is 5.32 Å². The monoisotopic (exact) mass is 263 g/mol. The molecule has 2 aromatic rings. The number of anilines is 2. The number of aryl methyl sites for hydroxylation is 1. The number of benzene rings is 1. The summed E-state index contributed by atoms with van der Waals surface area (Å²) in [5, 5.41) is 3.18. The normalized spacial score (nSPS) is 10.3. The summed E-state index contributed by atoms with van der Waals surface area (Å²) in [7, 11) is 0. The van der Waals surface area contributed by atoms with Gasteiger partial charge in [0, 0.05) is 5.69 Å². The molecule has 1 heterocycles. The Morgan fingerprint density at radius 2 is 2.17 bits per heavy atom. The molecule has 0 aliphatic carbocycles. The van der Waals surface area contributed by atoms with E-state index in [0.29, 0.717) is 5.82 Å². The lowest BCUT2D eigenvalue weighted by atomic mass is 10.1. The number of para-hydroxylation sites is 1. The Kier molecular flexibility index (Phi) is 3.99. The lowest BCUT2D eigenvalue weighted by Crippen LogP contribution is -2.10. The van der Waals surface area contributed by atoms with Gasteiger partial charge in [-0.2, -0.15) is 0 Å². The smallest absolute Gasteiger partial charge is 0.271 e. The summed E-state index contributed by atoms with van der Waals surface area (Å²) in [6, 6.07) is 7.92. The summed E-state index contributed by atoms with van der Waals surface area (Å²) in [4.78, 5) is 17.8. The summed E-state index contributed by atoms with van der Waals surface area (Å²) in [5.74, 6) is 0.379. The van der Waals surface area contributed by atoms with Crippen LogP contribution in [0.5, 0.6) is 0 Å². The molecular weight excluding hydrogens is 250 g/mol. The lowest BCUT2D eigenvalue weighted by Gasteiger charge is -2.11. The molecule has 0 radical (unpaired) electrons. The van der Waals surface area contributed by atoms with Crippen molar-refractivity contribution in [1.82, 2.24) is 9.97 Å². The third-order valence-electron chi connectivity index (χ3n) is 2.59. The highest BCUT2D eigenvalue weighted by Gasteiger charge is 2.07. The number of hydrogen-bond donors (Lipinski definition) is 2. The van der Waals surface area contributed by atoms with Gasteiger partial charge >= 0.3 is 0 Å². The van der Waals surface area contributed by atoms with E-state index in [2.05, 4.69) is 22.2 Å². The van der Waals surface area contributed by atoms with E-state index in [1.165, 1.54) is 11.9 Å². The van der Waals surface area contributed by atoms with Gasteiger partial charge in [0.1, 0.15) is 5.02 Å². The number of nitrogens with zero attached hydrogens (tertiary/aromatic N) is 1. The quantitative estimate of drug-likeness (QED) is 0.891. The Balaban J connectivity index is 2.34. The first-order chi connectivity index (χ1) is 8.72. The van der Waals surface area contributed by atoms with Crippen molar-refractivity contribution >= 4 is 23.1 Å². The highest BCUT2D eigenvalue weighted by atomic mass is 35.5. The van der Waals surface area contributed by atoms with Crippen LogP contribution in [-0.2, 0) is 6.42 Å². The second-order valence-electron chi connectivity index (χ2n) is 3.93. The van der Waals surface area contributed by atoms with Crippen LogP contribution >= 0.6 is 11.6 Å². The molecule has 1 aromatic heterocycles. The Hall–Kier alpha value is -1.81. The molecule has 2 rings (SSSR count). The molecule has 0 spiro atoms. The van der Waals surface area contributed by atoms with E-state index >= 15 is 0 Å². The van der Waals surface area contributed by atoms with Crippen molar-refractivity contribution in [3.05, 3.63) is 51.5 Å². The molecule has 4 nitrogen and oxygen atoms in total. The van der Waals surface area contributed by atoms with E-state index < -0.39 is 0 Å². The maximum Gasteiger partial charge on any atom is 0.271 e. The summed E-state index contributed by atoms with van der Waals surface area (Å²) in [6.07, 6.45) is 3.35. The van der Waals surface area contributed by atoms with Gasteiger partial charge < -0.3 is 10.3 Å². The van der Waals surface area contributed by atoms with Crippen molar-refractivity contribution < 1.29 is 0 Å². The molecule has 94 valence electrons. The maximum atomic E-state index is 11.4. The summed E-state index contributed by atoms with van der Waals surface area (Å²) in [5.41, 5.74) is 1.76. The minimum absolute atomic E-state index is 0.0730. The average Bonchev–Trinajstić information content (AvgIpc) is 2.37. The van der Waals surface area contributed by atoms with Gasteiger partial charge in [-0.25, -0.2) is 4.98 Å². The summed E-state index contributed by atoms with van der Waals surface area (Å²) < 4.78 is 0. The molecule has 0 aliphatic rings. The molecule has 0 bridgehead atoms. The van der Waals surface area contributed by atoms with Crippen LogP contribution in [0.1, 0.15) is 18.9 Å². The summed E-state index contributed by atoms with van der Waals surface area (Å²) in [6.45, 7) is 2.12. The Morgan fingerprint density at radius 3 is 2.94 bits per heavy atom. The predicted molar refractivity (Wildman–Crippen MR) is 73.6 cm³/mol. The minimum atomic E-state index is -0.345. The van der Waals surface area contributed by atoms with Crippen molar-refractivity contribution in [2.24, 2.45) is 0 Å². The van der Waals surface area contributed by atoms with Gasteiger partial charge in [0.25, 0.3) is 5.56 Å². The molecule has 0 fully saturated rings. The molecule has 1 aromatic carbocycles. The van der Waals surface area contributed by atoms with Crippen LogP contribution in [0.15, 0.2) is 35.4 Å². The zero-order chi connectivity index (χ0) is 13.0.